The van der Waals surface area contributed by atoms with Crippen molar-refractivity contribution < 1.29 is 13.2 Å². The van der Waals surface area contributed by atoms with Gasteiger partial charge in [0.05, 0.1) is 10.5 Å². The van der Waals surface area contributed by atoms with Crippen LogP contribution in [0.5, 0.6) is 0 Å². The van der Waals surface area contributed by atoms with Crippen LogP contribution in [0.25, 0.3) is 0 Å². The highest BCUT2D eigenvalue weighted by Crippen LogP contribution is 2.38. The van der Waals surface area contributed by atoms with Crippen molar-refractivity contribution in [1.82, 2.24) is 4.31 Å². The van der Waals surface area contributed by atoms with Gasteiger partial charge in [-0.1, -0.05) is 26.7 Å². The number of fused-ring (bicyclic) bond motifs is 1. The van der Waals surface area contributed by atoms with Crippen molar-refractivity contribution in [2.24, 2.45) is 0 Å². The number of amides is 1. The van der Waals surface area contributed by atoms with Gasteiger partial charge in [-0.3, -0.25) is 4.79 Å². The van der Waals surface area contributed by atoms with Gasteiger partial charge in [0, 0.05) is 23.5 Å². The summed E-state index contributed by atoms with van der Waals surface area (Å²) in [7, 11) is -3.60. The van der Waals surface area contributed by atoms with Crippen LogP contribution in [0.2, 0.25) is 0 Å². The van der Waals surface area contributed by atoms with Crippen molar-refractivity contribution in [2.45, 2.75) is 63.7 Å². The Balaban J connectivity index is 1.76. The van der Waals surface area contributed by atoms with Crippen molar-refractivity contribution >= 4 is 32.3 Å². The number of carbonyl (C=O) groups is 1. The Morgan fingerprint density at radius 3 is 2.35 bits per heavy atom. The summed E-state index contributed by atoms with van der Waals surface area (Å²) >= 11 is 1.47. The Morgan fingerprint density at radius 1 is 1.13 bits per heavy atom. The number of nitrogens with zero attached hydrogens (tertiary/aromatic N) is 2. The standard InChI is InChI=1S/C23H29N3O3S2/c1-3-5-14-26(15-6-4-2)31(28,29)18-12-10-17(11-13-18)22(27)25-23-20(16-24)19-8-7-9-21(19)30-23/h10-13H,3-9,14-15H2,1-2H3,(H,25,27). The van der Waals surface area contributed by atoms with Gasteiger partial charge in [0.2, 0.25) is 10.0 Å². The maximum Gasteiger partial charge on any atom is 0.256 e. The maximum absolute atomic E-state index is 13.1. The van der Waals surface area contributed by atoms with E-state index in [4.69, 9.17) is 0 Å². The summed E-state index contributed by atoms with van der Waals surface area (Å²) in [6.07, 6.45) is 6.36. The van der Waals surface area contributed by atoms with E-state index in [-0.39, 0.29) is 10.8 Å². The summed E-state index contributed by atoms with van der Waals surface area (Å²) < 4.78 is 27.7. The molecule has 2 aromatic rings. The summed E-state index contributed by atoms with van der Waals surface area (Å²) in [5, 5.41) is 12.9. The minimum Gasteiger partial charge on any atom is -0.312 e. The molecule has 31 heavy (non-hydrogen) atoms. The molecule has 0 bridgehead atoms. The Hall–Kier alpha value is -2.21. The van der Waals surface area contributed by atoms with Crippen LogP contribution >= 0.6 is 11.3 Å². The molecule has 0 atom stereocenters. The first kappa shape index (κ1) is 23.5. The molecule has 0 unspecified atom stereocenters. The smallest absolute Gasteiger partial charge is 0.256 e. The normalized spacial score (nSPS) is 13.2. The molecule has 3 rings (SSSR count). The quantitative estimate of drug-likeness (QED) is 0.544. The molecule has 166 valence electrons. The molecular weight excluding hydrogens is 430 g/mol. The largest absolute Gasteiger partial charge is 0.312 e. The fraction of sp³-hybridized carbons (Fsp3) is 0.478. The lowest BCUT2D eigenvalue weighted by atomic mass is 10.1. The molecule has 1 aromatic heterocycles. The first-order chi connectivity index (χ1) is 14.9. The molecule has 0 radical (unpaired) electrons. The number of anilines is 1. The second kappa shape index (κ2) is 10.4. The third-order valence-corrected chi connectivity index (χ3v) is 8.66. The number of nitrogens with one attached hydrogen (secondary N) is 1. The lowest BCUT2D eigenvalue weighted by Gasteiger charge is -2.22. The van der Waals surface area contributed by atoms with E-state index in [0.29, 0.717) is 29.2 Å². The Bertz CT molecular complexity index is 1060. The van der Waals surface area contributed by atoms with Gasteiger partial charge in [-0.25, -0.2) is 8.42 Å². The second-order valence-corrected chi connectivity index (χ2v) is 10.8. The predicted octanol–water partition coefficient (Wildman–Crippen LogP) is 4.95. The first-order valence-corrected chi connectivity index (χ1v) is 13.1. The van der Waals surface area contributed by atoms with Crippen LogP contribution in [-0.4, -0.2) is 31.7 Å². The summed E-state index contributed by atoms with van der Waals surface area (Å²) in [6, 6.07) is 8.28. The zero-order valence-corrected chi connectivity index (χ0v) is 19.7. The van der Waals surface area contributed by atoms with E-state index in [0.717, 1.165) is 50.5 Å². The van der Waals surface area contributed by atoms with Crippen molar-refractivity contribution in [1.29, 1.82) is 5.26 Å². The Labute approximate surface area is 188 Å². The minimum absolute atomic E-state index is 0.198. The zero-order chi connectivity index (χ0) is 22.4. The number of hydrogen-bond acceptors (Lipinski definition) is 5. The lowest BCUT2D eigenvalue weighted by molar-refractivity contribution is 0.102. The highest BCUT2D eigenvalue weighted by atomic mass is 32.2. The SMILES string of the molecule is CCCCN(CCCC)S(=O)(=O)c1ccc(C(=O)Nc2sc3c(c2C#N)CCC3)cc1. The van der Waals surface area contributed by atoms with E-state index < -0.39 is 10.0 Å². The molecule has 1 aliphatic rings. The lowest BCUT2D eigenvalue weighted by Crippen LogP contribution is -2.33. The van der Waals surface area contributed by atoms with Crippen LogP contribution in [0, 0.1) is 11.3 Å². The molecule has 6 nitrogen and oxygen atoms in total. The molecular formula is C23H29N3O3S2. The number of unbranched alkanes of at least 4 members (excludes halogenated alkanes) is 2. The van der Waals surface area contributed by atoms with Gasteiger partial charge in [0.15, 0.2) is 0 Å². The van der Waals surface area contributed by atoms with E-state index in [2.05, 4.69) is 11.4 Å². The molecule has 8 heteroatoms. The average Bonchev–Trinajstić information content (AvgIpc) is 3.34. The molecule has 0 fully saturated rings. The van der Waals surface area contributed by atoms with Gasteiger partial charge >= 0.3 is 0 Å². The molecule has 1 amide bonds. The Morgan fingerprint density at radius 2 is 1.77 bits per heavy atom. The van der Waals surface area contributed by atoms with Crippen molar-refractivity contribution in [3.63, 3.8) is 0 Å². The van der Waals surface area contributed by atoms with Gasteiger partial charge in [-0.05, 0) is 61.9 Å². The van der Waals surface area contributed by atoms with E-state index in [1.807, 2.05) is 13.8 Å². The summed E-state index contributed by atoms with van der Waals surface area (Å²) in [6.45, 7) is 5.08. The number of hydrogen-bond donors (Lipinski definition) is 1. The molecule has 1 aromatic carbocycles. The zero-order valence-electron chi connectivity index (χ0n) is 18.1. The van der Waals surface area contributed by atoms with E-state index in [1.54, 1.807) is 4.31 Å². The van der Waals surface area contributed by atoms with Crippen LogP contribution in [0.1, 0.15) is 72.3 Å². The number of benzene rings is 1. The molecule has 0 spiro atoms. The van der Waals surface area contributed by atoms with Crippen LogP contribution < -0.4 is 5.32 Å². The van der Waals surface area contributed by atoms with Crippen molar-refractivity contribution in [3.05, 3.63) is 45.8 Å². The molecule has 0 saturated heterocycles. The van der Waals surface area contributed by atoms with Gasteiger partial charge in [0.1, 0.15) is 11.1 Å². The summed E-state index contributed by atoms with van der Waals surface area (Å²) in [4.78, 5) is 14.1. The monoisotopic (exact) mass is 459 g/mol. The third-order valence-electron chi connectivity index (χ3n) is 5.54. The average molecular weight is 460 g/mol. The highest BCUT2D eigenvalue weighted by Gasteiger charge is 2.25. The van der Waals surface area contributed by atoms with Gasteiger partial charge in [-0.15, -0.1) is 11.3 Å². The fourth-order valence-corrected chi connectivity index (χ4v) is 6.49. The van der Waals surface area contributed by atoms with Crippen LogP contribution in [-0.2, 0) is 22.9 Å². The van der Waals surface area contributed by atoms with Crippen molar-refractivity contribution in [2.75, 3.05) is 18.4 Å². The van der Waals surface area contributed by atoms with E-state index in [9.17, 15) is 18.5 Å². The minimum atomic E-state index is -3.60. The predicted molar refractivity (Wildman–Crippen MR) is 124 cm³/mol. The highest BCUT2D eigenvalue weighted by molar-refractivity contribution is 7.89. The number of nitriles is 1. The Kier molecular flexibility index (Phi) is 7.87. The third kappa shape index (κ3) is 5.17. The van der Waals surface area contributed by atoms with E-state index in [1.165, 1.54) is 40.5 Å². The van der Waals surface area contributed by atoms with Gasteiger partial charge < -0.3 is 5.32 Å². The summed E-state index contributed by atoms with van der Waals surface area (Å²) in [5.74, 6) is -0.339. The molecule has 0 aliphatic heterocycles. The molecule has 1 heterocycles. The number of aryl methyl sites for hydroxylation is 1. The number of thiophene rings is 1. The van der Waals surface area contributed by atoms with Crippen LogP contribution in [0.3, 0.4) is 0 Å². The van der Waals surface area contributed by atoms with Crippen LogP contribution in [0.15, 0.2) is 29.2 Å². The summed E-state index contributed by atoms with van der Waals surface area (Å²) in [5.41, 5.74) is 1.99. The number of rotatable bonds is 10. The number of carbonyl (C=O) groups excluding carboxylic acids is 1. The van der Waals surface area contributed by atoms with E-state index >= 15 is 0 Å². The van der Waals surface area contributed by atoms with Crippen molar-refractivity contribution in [3.8, 4) is 6.07 Å². The number of sulfonamides is 1. The molecule has 1 N–H and O–H groups in total. The fourth-order valence-electron chi connectivity index (χ4n) is 3.73. The van der Waals surface area contributed by atoms with Crippen LogP contribution in [0.4, 0.5) is 5.00 Å². The molecule has 0 saturated carbocycles. The first-order valence-electron chi connectivity index (χ1n) is 10.9. The van der Waals surface area contributed by atoms with Gasteiger partial charge in [0.25, 0.3) is 5.91 Å². The second-order valence-electron chi connectivity index (χ2n) is 7.76. The topological polar surface area (TPSA) is 90.3 Å². The van der Waals surface area contributed by atoms with Gasteiger partial charge in [-0.2, -0.15) is 9.57 Å². The maximum atomic E-state index is 13.1. The molecule has 1 aliphatic carbocycles.